The van der Waals surface area contributed by atoms with E-state index in [4.69, 9.17) is 4.74 Å². The second-order valence-electron chi connectivity index (χ2n) is 7.40. The van der Waals surface area contributed by atoms with Gasteiger partial charge in [0, 0.05) is 17.0 Å². The maximum Gasteiger partial charge on any atom is 0.319 e. The molecule has 182 valence electrons. The van der Waals surface area contributed by atoms with Gasteiger partial charge in [-0.25, -0.2) is 9.37 Å². The number of hydrogen-bond acceptors (Lipinski definition) is 8. The maximum atomic E-state index is 15.0. The number of benzene rings is 1. The first-order valence-corrected chi connectivity index (χ1v) is 11.2. The number of pyridine rings is 1. The number of aromatic nitrogens is 3. The zero-order valence-corrected chi connectivity index (χ0v) is 20.4. The van der Waals surface area contributed by atoms with Crippen molar-refractivity contribution < 1.29 is 23.4 Å². The molecular formula is C21H22F2IN5O5. The summed E-state index contributed by atoms with van der Waals surface area (Å²) < 4.78 is 36.8. The van der Waals surface area contributed by atoms with Crippen LogP contribution in [0.2, 0.25) is 0 Å². The Hall–Kier alpha value is -2.91. The number of carbonyl (C=O) groups is 1. The van der Waals surface area contributed by atoms with Gasteiger partial charge in [-0.3, -0.25) is 23.5 Å². The lowest BCUT2D eigenvalue weighted by atomic mass is 10.2. The molecule has 0 saturated carbocycles. The third-order valence-corrected chi connectivity index (χ3v) is 5.60. The molecule has 0 spiro atoms. The average Bonchev–Trinajstić information content (AvgIpc) is 2.78. The lowest BCUT2D eigenvalue weighted by Gasteiger charge is -2.16. The van der Waals surface area contributed by atoms with Gasteiger partial charge in [0.05, 0.1) is 43.5 Å². The van der Waals surface area contributed by atoms with E-state index in [1.54, 1.807) is 13.1 Å². The van der Waals surface area contributed by atoms with Gasteiger partial charge in [-0.05, 0) is 47.8 Å². The SMILES string of the molecule is CNCC(=O)OCC[C@H](O)Cn1cnc2c(c(Nc3ccc(I)cc3F)c(F)c(=O)n2C)c1=O. The molecule has 34 heavy (non-hydrogen) atoms. The number of nitrogens with zero attached hydrogens (tertiary/aromatic N) is 3. The smallest absolute Gasteiger partial charge is 0.319 e. The number of rotatable bonds is 9. The van der Waals surface area contributed by atoms with Gasteiger partial charge in [-0.1, -0.05) is 0 Å². The second kappa shape index (κ2) is 11.0. The molecule has 3 N–H and O–H groups in total. The van der Waals surface area contributed by atoms with Crippen LogP contribution in [0.5, 0.6) is 0 Å². The number of aliphatic hydroxyl groups is 1. The molecule has 2 aromatic heterocycles. The highest BCUT2D eigenvalue weighted by Crippen LogP contribution is 2.26. The van der Waals surface area contributed by atoms with Crippen molar-refractivity contribution in [2.45, 2.75) is 19.1 Å². The third-order valence-electron chi connectivity index (χ3n) is 4.93. The van der Waals surface area contributed by atoms with E-state index < -0.39 is 40.5 Å². The molecule has 1 aromatic carbocycles. The summed E-state index contributed by atoms with van der Waals surface area (Å²) in [5.74, 6) is -2.47. The molecule has 1 atom stereocenters. The number of nitrogens with one attached hydrogen (secondary N) is 2. The Morgan fingerprint density at radius 1 is 1.29 bits per heavy atom. The number of aliphatic hydroxyl groups excluding tert-OH is 1. The fourth-order valence-corrected chi connectivity index (χ4v) is 3.66. The van der Waals surface area contributed by atoms with Crippen molar-refractivity contribution in [2.24, 2.45) is 7.05 Å². The Morgan fingerprint density at radius 3 is 2.71 bits per heavy atom. The van der Waals surface area contributed by atoms with Crippen LogP contribution in [0.3, 0.4) is 0 Å². The maximum absolute atomic E-state index is 15.0. The zero-order chi connectivity index (χ0) is 25.0. The van der Waals surface area contributed by atoms with Gasteiger partial charge in [0.15, 0.2) is 5.65 Å². The van der Waals surface area contributed by atoms with Gasteiger partial charge in [0.2, 0.25) is 5.82 Å². The molecule has 0 bridgehead atoms. The number of anilines is 2. The van der Waals surface area contributed by atoms with Crippen molar-refractivity contribution >= 4 is 51.0 Å². The molecule has 0 aliphatic rings. The molecule has 0 unspecified atom stereocenters. The molecule has 0 amide bonds. The van der Waals surface area contributed by atoms with Crippen LogP contribution in [0.1, 0.15) is 6.42 Å². The highest BCUT2D eigenvalue weighted by Gasteiger charge is 2.22. The van der Waals surface area contributed by atoms with Crippen molar-refractivity contribution in [1.29, 1.82) is 0 Å². The summed E-state index contributed by atoms with van der Waals surface area (Å²) in [6.07, 6.45) is 0.0790. The van der Waals surface area contributed by atoms with Crippen molar-refractivity contribution in [2.75, 3.05) is 25.5 Å². The van der Waals surface area contributed by atoms with Crippen LogP contribution in [0.25, 0.3) is 11.0 Å². The Kier molecular flexibility index (Phi) is 8.33. The van der Waals surface area contributed by atoms with Crippen LogP contribution in [-0.2, 0) is 23.1 Å². The molecule has 0 aliphatic carbocycles. The first-order chi connectivity index (χ1) is 16.1. The third kappa shape index (κ3) is 5.59. The van der Waals surface area contributed by atoms with Gasteiger partial charge in [-0.2, -0.15) is 4.39 Å². The zero-order valence-electron chi connectivity index (χ0n) is 18.3. The van der Waals surface area contributed by atoms with E-state index in [0.717, 1.165) is 15.5 Å². The van der Waals surface area contributed by atoms with Crippen molar-refractivity contribution in [3.8, 4) is 0 Å². The number of likely N-dealkylation sites (N-methyl/N-ethyl adjacent to an activating group) is 1. The minimum Gasteiger partial charge on any atom is -0.465 e. The summed E-state index contributed by atoms with van der Waals surface area (Å²) in [5.41, 5.74) is -2.56. The minimum atomic E-state index is -1.28. The van der Waals surface area contributed by atoms with Crippen LogP contribution in [-0.4, -0.2) is 51.5 Å². The fraction of sp³-hybridized carbons (Fsp3) is 0.333. The van der Waals surface area contributed by atoms with Crippen LogP contribution in [0.4, 0.5) is 20.2 Å². The molecule has 2 heterocycles. The fourth-order valence-electron chi connectivity index (χ4n) is 3.21. The van der Waals surface area contributed by atoms with Gasteiger partial charge >= 0.3 is 5.97 Å². The summed E-state index contributed by atoms with van der Waals surface area (Å²) >= 11 is 1.91. The first kappa shape index (κ1) is 25.7. The van der Waals surface area contributed by atoms with E-state index in [1.807, 2.05) is 22.6 Å². The monoisotopic (exact) mass is 589 g/mol. The molecule has 0 saturated heterocycles. The number of ether oxygens (including phenoxy) is 1. The van der Waals surface area contributed by atoms with E-state index in [0.29, 0.717) is 3.57 Å². The Balaban J connectivity index is 1.97. The topological polar surface area (TPSA) is 127 Å². The van der Waals surface area contributed by atoms with Gasteiger partial charge in [0.1, 0.15) is 11.2 Å². The standard InChI is InChI=1S/C21H22F2IN5O5/c1-25-8-15(31)34-6-5-12(30)9-29-10-26-19-16(20(29)32)18(17(23)21(33)28(19)2)27-14-4-3-11(24)7-13(14)22/h3-4,7,10,12,25,27,30H,5-6,8-9H2,1-2H3/t12-/m0/s1. The average molecular weight is 589 g/mol. The number of hydrogen-bond donors (Lipinski definition) is 3. The van der Waals surface area contributed by atoms with Gasteiger partial charge < -0.3 is 20.5 Å². The minimum absolute atomic E-state index is 0.0192. The number of fused-ring (bicyclic) bond motifs is 1. The number of aryl methyl sites for hydroxylation is 1. The normalized spacial score (nSPS) is 12.1. The van der Waals surface area contributed by atoms with Crippen molar-refractivity contribution in [1.82, 2.24) is 19.4 Å². The molecule has 0 fully saturated rings. The highest BCUT2D eigenvalue weighted by molar-refractivity contribution is 14.1. The lowest BCUT2D eigenvalue weighted by molar-refractivity contribution is -0.143. The quantitative estimate of drug-likeness (QED) is 0.252. The Labute approximate surface area is 205 Å². The number of halogens is 3. The summed E-state index contributed by atoms with van der Waals surface area (Å²) in [6, 6.07) is 4.14. The Morgan fingerprint density at radius 2 is 2.03 bits per heavy atom. The molecule has 0 radical (unpaired) electrons. The second-order valence-corrected chi connectivity index (χ2v) is 8.64. The summed E-state index contributed by atoms with van der Waals surface area (Å²) in [6.45, 7) is -0.280. The van der Waals surface area contributed by atoms with Crippen LogP contribution in [0.15, 0.2) is 34.1 Å². The number of esters is 1. The van der Waals surface area contributed by atoms with E-state index in [1.165, 1.54) is 19.2 Å². The van der Waals surface area contributed by atoms with Crippen LogP contribution >= 0.6 is 22.6 Å². The van der Waals surface area contributed by atoms with E-state index >= 15 is 0 Å². The number of carbonyl (C=O) groups excluding carboxylic acids is 1. The molecular weight excluding hydrogens is 567 g/mol. The lowest BCUT2D eigenvalue weighted by Crippen LogP contribution is -2.32. The van der Waals surface area contributed by atoms with Crippen LogP contribution in [0, 0.1) is 15.2 Å². The van der Waals surface area contributed by atoms with Crippen LogP contribution < -0.4 is 21.8 Å². The summed E-state index contributed by atoms with van der Waals surface area (Å²) in [7, 11) is 2.85. The van der Waals surface area contributed by atoms with E-state index in [2.05, 4.69) is 15.6 Å². The Bertz CT molecular complexity index is 1340. The van der Waals surface area contributed by atoms with Crippen molar-refractivity contribution in [3.63, 3.8) is 0 Å². The predicted molar refractivity (Wildman–Crippen MR) is 129 cm³/mol. The highest BCUT2D eigenvalue weighted by atomic mass is 127. The van der Waals surface area contributed by atoms with E-state index in [-0.39, 0.29) is 42.8 Å². The predicted octanol–water partition coefficient (Wildman–Crippen LogP) is 1.24. The van der Waals surface area contributed by atoms with Crippen molar-refractivity contribution in [3.05, 3.63) is 60.4 Å². The largest absolute Gasteiger partial charge is 0.465 e. The molecule has 0 aliphatic heterocycles. The molecule has 3 rings (SSSR count). The van der Waals surface area contributed by atoms with E-state index in [9.17, 15) is 28.3 Å². The summed E-state index contributed by atoms with van der Waals surface area (Å²) in [4.78, 5) is 41.0. The molecule has 3 aromatic rings. The molecule has 13 heteroatoms. The van der Waals surface area contributed by atoms with Gasteiger partial charge in [0.25, 0.3) is 11.1 Å². The first-order valence-electron chi connectivity index (χ1n) is 10.1. The van der Waals surface area contributed by atoms with Gasteiger partial charge in [-0.15, -0.1) is 0 Å². The summed E-state index contributed by atoms with van der Waals surface area (Å²) in [5, 5.41) is 15.1. The molecule has 10 nitrogen and oxygen atoms in total.